The predicted octanol–water partition coefficient (Wildman–Crippen LogP) is 4.68. The van der Waals surface area contributed by atoms with Gasteiger partial charge in [-0.2, -0.15) is 4.98 Å². The van der Waals surface area contributed by atoms with Crippen LogP contribution in [0.25, 0.3) is 0 Å². The number of nitrogens with one attached hydrogen (secondary N) is 3. The van der Waals surface area contributed by atoms with Gasteiger partial charge in [-0.3, -0.25) is 4.79 Å². The number of hydrogen-bond donors (Lipinski definition) is 3. The van der Waals surface area contributed by atoms with E-state index in [4.69, 9.17) is 0 Å². The third kappa shape index (κ3) is 5.02. The van der Waals surface area contributed by atoms with Crippen molar-refractivity contribution in [1.82, 2.24) is 9.97 Å². The fraction of sp³-hybridized carbons (Fsp3) is 0.0556. The molecule has 0 aliphatic carbocycles. The van der Waals surface area contributed by atoms with Gasteiger partial charge in [0.25, 0.3) is 0 Å². The van der Waals surface area contributed by atoms with Crippen LogP contribution in [0.2, 0.25) is 0 Å². The Labute approximate surface area is 153 Å². The molecule has 3 N–H and O–H groups in total. The van der Waals surface area contributed by atoms with Gasteiger partial charge in [-0.05, 0) is 48.5 Å². The summed E-state index contributed by atoms with van der Waals surface area (Å²) in [6.07, 6.45) is 1.68. The van der Waals surface area contributed by atoms with Crippen molar-refractivity contribution in [2.75, 3.05) is 16.0 Å². The fourth-order valence-electron chi connectivity index (χ4n) is 2.17. The molecule has 0 radical (unpaired) electrons. The predicted molar refractivity (Wildman–Crippen MR) is 103 cm³/mol. The first kappa shape index (κ1) is 16.9. The molecule has 1 heterocycles. The van der Waals surface area contributed by atoms with Crippen LogP contribution in [0.5, 0.6) is 0 Å². The molecule has 6 nitrogen and oxygen atoms in total. The molecule has 0 aliphatic rings. The molecular weight excluding hydrogens is 382 g/mol. The number of hydrogen-bond acceptors (Lipinski definition) is 5. The van der Waals surface area contributed by atoms with E-state index in [2.05, 4.69) is 41.8 Å². The molecule has 0 saturated heterocycles. The van der Waals surface area contributed by atoms with Gasteiger partial charge in [-0.25, -0.2) is 4.98 Å². The van der Waals surface area contributed by atoms with Gasteiger partial charge in [0.2, 0.25) is 11.9 Å². The Morgan fingerprint density at radius 3 is 2.44 bits per heavy atom. The van der Waals surface area contributed by atoms with E-state index in [-0.39, 0.29) is 5.91 Å². The molecule has 7 heteroatoms. The van der Waals surface area contributed by atoms with Gasteiger partial charge >= 0.3 is 0 Å². The summed E-state index contributed by atoms with van der Waals surface area (Å²) in [6, 6.07) is 17.0. The summed E-state index contributed by atoms with van der Waals surface area (Å²) in [7, 11) is 0. The Bertz CT molecular complexity index is 883. The van der Waals surface area contributed by atoms with Crippen LogP contribution in [0.15, 0.2) is 65.3 Å². The second-order valence-corrected chi connectivity index (χ2v) is 6.20. The van der Waals surface area contributed by atoms with E-state index in [1.165, 1.54) is 6.92 Å². The zero-order valence-electron chi connectivity index (χ0n) is 13.5. The van der Waals surface area contributed by atoms with Crippen molar-refractivity contribution in [3.63, 3.8) is 0 Å². The highest BCUT2D eigenvalue weighted by Gasteiger charge is 2.02. The third-order valence-corrected chi connectivity index (χ3v) is 3.71. The number of carbonyl (C=O) groups excluding carboxylic acids is 1. The summed E-state index contributed by atoms with van der Waals surface area (Å²) in [4.78, 5) is 19.7. The van der Waals surface area contributed by atoms with Crippen LogP contribution in [0, 0.1) is 0 Å². The summed E-state index contributed by atoms with van der Waals surface area (Å²) in [5.74, 6) is 1.07. The molecule has 0 atom stereocenters. The van der Waals surface area contributed by atoms with Gasteiger partial charge in [-0.1, -0.05) is 22.0 Å². The number of amides is 1. The number of anilines is 5. The summed E-state index contributed by atoms with van der Waals surface area (Å²) < 4.78 is 0.978. The summed E-state index contributed by atoms with van der Waals surface area (Å²) in [5.41, 5.74) is 2.50. The summed E-state index contributed by atoms with van der Waals surface area (Å²) in [6.45, 7) is 1.48. The highest BCUT2D eigenvalue weighted by molar-refractivity contribution is 9.10. The molecule has 0 bridgehead atoms. The third-order valence-electron chi connectivity index (χ3n) is 3.21. The normalized spacial score (nSPS) is 10.2. The van der Waals surface area contributed by atoms with Crippen molar-refractivity contribution < 1.29 is 4.79 Å². The Kier molecular flexibility index (Phi) is 5.25. The molecule has 0 unspecified atom stereocenters. The van der Waals surface area contributed by atoms with E-state index in [1.807, 2.05) is 48.5 Å². The number of carbonyl (C=O) groups is 1. The van der Waals surface area contributed by atoms with Gasteiger partial charge in [0, 0.05) is 34.7 Å². The average Bonchev–Trinajstić information content (AvgIpc) is 2.57. The second kappa shape index (κ2) is 7.76. The minimum Gasteiger partial charge on any atom is -0.340 e. The maximum atomic E-state index is 11.0. The Hall–Kier alpha value is -2.93. The highest BCUT2D eigenvalue weighted by Crippen LogP contribution is 2.21. The van der Waals surface area contributed by atoms with Crippen LogP contribution in [0.1, 0.15) is 6.92 Å². The van der Waals surface area contributed by atoms with Gasteiger partial charge in [0.1, 0.15) is 5.82 Å². The zero-order valence-corrected chi connectivity index (χ0v) is 15.0. The minimum atomic E-state index is -0.0974. The van der Waals surface area contributed by atoms with Crippen LogP contribution in [-0.2, 0) is 4.79 Å². The lowest BCUT2D eigenvalue weighted by atomic mass is 10.2. The van der Waals surface area contributed by atoms with E-state index >= 15 is 0 Å². The average molecular weight is 398 g/mol. The van der Waals surface area contributed by atoms with Gasteiger partial charge in [-0.15, -0.1) is 0 Å². The molecular formula is C18H16BrN5O. The van der Waals surface area contributed by atoms with Gasteiger partial charge in [0.15, 0.2) is 0 Å². The van der Waals surface area contributed by atoms with Crippen LogP contribution < -0.4 is 16.0 Å². The molecule has 1 aromatic heterocycles. The zero-order chi connectivity index (χ0) is 17.6. The number of rotatable bonds is 5. The monoisotopic (exact) mass is 397 g/mol. The smallest absolute Gasteiger partial charge is 0.229 e. The molecule has 3 aromatic rings. The lowest BCUT2D eigenvalue weighted by Crippen LogP contribution is -2.05. The van der Waals surface area contributed by atoms with Crippen molar-refractivity contribution >= 4 is 50.7 Å². The molecule has 1 amide bonds. The van der Waals surface area contributed by atoms with E-state index in [0.717, 1.165) is 21.5 Å². The van der Waals surface area contributed by atoms with Crippen molar-refractivity contribution in [3.8, 4) is 0 Å². The molecule has 0 saturated carbocycles. The van der Waals surface area contributed by atoms with Crippen molar-refractivity contribution in [2.24, 2.45) is 0 Å². The first-order valence-electron chi connectivity index (χ1n) is 7.59. The Morgan fingerprint density at radius 2 is 1.72 bits per heavy atom. The molecule has 2 aromatic carbocycles. The number of benzene rings is 2. The molecule has 0 aliphatic heterocycles. The summed E-state index contributed by atoms with van der Waals surface area (Å²) >= 11 is 3.44. The van der Waals surface area contributed by atoms with E-state index in [9.17, 15) is 4.79 Å². The lowest BCUT2D eigenvalue weighted by molar-refractivity contribution is -0.114. The molecule has 25 heavy (non-hydrogen) atoms. The summed E-state index contributed by atoms with van der Waals surface area (Å²) in [5, 5.41) is 9.10. The van der Waals surface area contributed by atoms with Crippen LogP contribution in [0.4, 0.5) is 28.8 Å². The molecule has 3 rings (SSSR count). The molecule has 0 fully saturated rings. The highest BCUT2D eigenvalue weighted by atomic mass is 79.9. The topological polar surface area (TPSA) is 78.9 Å². The first-order chi connectivity index (χ1) is 12.1. The molecule has 126 valence electrons. The Balaban J connectivity index is 1.70. The second-order valence-electron chi connectivity index (χ2n) is 5.28. The lowest BCUT2D eigenvalue weighted by Gasteiger charge is -2.09. The van der Waals surface area contributed by atoms with Crippen LogP contribution in [0.3, 0.4) is 0 Å². The number of aromatic nitrogens is 2. The van der Waals surface area contributed by atoms with Crippen LogP contribution in [-0.4, -0.2) is 15.9 Å². The van der Waals surface area contributed by atoms with Gasteiger partial charge < -0.3 is 16.0 Å². The minimum absolute atomic E-state index is 0.0974. The Morgan fingerprint density at radius 1 is 0.960 bits per heavy atom. The largest absolute Gasteiger partial charge is 0.340 e. The number of halogens is 1. The molecule has 0 spiro atoms. The van der Waals surface area contributed by atoms with Crippen molar-refractivity contribution in [1.29, 1.82) is 0 Å². The quantitative estimate of drug-likeness (QED) is 0.582. The van der Waals surface area contributed by atoms with E-state index < -0.39 is 0 Å². The van der Waals surface area contributed by atoms with Crippen molar-refractivity contribution in [2.45, 2.75) is 6.92 Å². The standard InChI is InChI=1S/C18H16BrN5O/c1-12(25)21-14-5-7-15(8-6-14)22-17-9-10-20-18(24-17)23-16-4-2-3-13(19)11-16/h2-11H,1H3,(H,21,25)(H2,20,22,23,24). The van der Waals surface area contributed by atoms with E-state index in [0.29, 0.717) is 11.8 Å². The maximum absolute atomic E-state index is 11.0. The first-order valence-corrected chi connectivity index (χ1v) is 8.38. The van der Waals surface area contributed by atoms with Gasteiger partial charge in [0.05, 0.1) is 0 Å². The number of nitrogens with zero attached hydrogens (tertiary/aromatic N) is 2. The van der Waals surface area contributed by atoms with E-state index in [1.54, 1.807) is 12.3 Å². The van der Waals surface area contributed by atoms with Crippen LogP contribution >= 0.6 is 15.9 Å². The van der Waals surface area contributed by atoms with Crippen molar-refractivity contribution in [3.05, 3.63) is 65.3 Å². The SMILES string of the molecule is CC(=O)Nc1ccc(Nc2ccnc(Nc3cccc(Br)c3)n2)cc1. The fourth-order valence-corrected chi connectivity index (χ4v) is 2.57. The maximum Gasteiger partial charge on any atom is 0.229 e.